The normalized spacial score (nSPS) is 34.5. The molecule has 2 heteroatoms. The van der Waals surface area contributed by atoms with Crippen molar-refractivity contribution in [1.29, 1.82) is 0 Å². The summed E-state index contributed by atoms with van der Waals surface area (Å²) in [4.78, 5) is 11.2. The van der Waals surface area contributed by atoms with Crippen LogP contribution in [0.5, 0.6) is 0 Å². The predicted molar refractivity (Wildman–Crippen MR) is 59.3 cm³/mol. The zero-order valence-corrected chi connectivity index (χ0v) is 9.66. The molecule has 3 unspecified atom stereocenters. The van der Waals surface area contributed by atoms with Gasteiger partial charge in [0.15, 0.2) is 0 Å². The Morgan fingerprint density at radius 2 is 2.20 bits per heavy atom. The number of ether oxygens (including phenoxy) is 1. The molecule has 2 saturated carbocycles. The summed E-state index contributed by atoms with van der Waals surface area (Å²) in [5.74, 6) is 2.59. The summed E-state index contributed by atoms with van der Waals surface area (Å²) < 4.78 is 4.68. The number of esters is 1. The van der Waals surface area contributed by atoms with Crippen molar-refractivity contribution in [3.63, 3.8) is 0 Å². The minimum atomic E-state index is -0.182. The van der Waals surface area contributed by atoms with Crippen LogP contribution in [0.4, 0.5) is 0 Å². The molecule has 0 heterocycles. The van der Waals surface area contributed by atoms with E-state index < -0.39 is 0 Å². The Morgan fingerprint density at radius 3 is 2.73 bits per heavy atom. The molecular weight excluding hydrogens is 188 g/mol. The second-order valence-corrected chi connectivity index (χ2v) is 5.05. The van der Waals surface area contributed by atoms with Crippen molar-refractivity contribution in [1.82, 2.24) is 0 Å². The van der Waals surface area contributed by atoms with Crippen LogP contribution in [0.1, 0.15) is 39.0 Å². The van der Waals surface area contributed by atoms with Gasteiger partial charge in [0.2, 0.25) is 0 Å². The van der Waals surface area contributed by atoms with Crippen molar-refractivity contribution in [2.45, 2.75) is 39.0 Å². The van der Waals surface area contributed by atoms with E-state index in [2.05, 4.69) is 10.8 Å². The van der Waals surface area contributed by atoms with Gasteiger partial charge >= 0.3 is 5.97 Å². The average Bonchev–Trinajstić information content (AvgIpc) is 2.86. The van der Waals surface area contributed by atoms with Crippen LogP contribution in [0.15, 0.2) is 11.6 Å². The lowest BCUT2D eigenvalue weighted by molar-refractivity contribution is -0.136. The van der Waals surface area contributed by atoms with E-state index in [-0.39, 0.29) is 5.97 Å². The fraction of sp³-hybridized carbons (Fsp3) is 0.769. The fourth-order valence-electron chi connectivity index (χ4n) is 3.24. The van der Waals surface area contributed by atoms with Gasteiger partial charge in [-0.05, 0) is 50.4 Å². The molecule has 0 amide bonds. The highest BCUT2D eigenvalue weighted by Gasteiger charge is 2.38. The maximum Gasteiger partial charge on any atom is 0.333 e. The monoisotopic (exact) mass is 208 g/mol. The number of hydrogen-bond acceptors (Lipinski definition) is 2. The molecule has 0 aliphatic heterocycles. The van der Waals surface area contributed by atoms with E-state index in [1.807, 2.05) is 6.92 Å². The maximum absolute atomic E-state index is 11.2. The highest BCUT2D eigenvalue weighted by molar-refractivity contribution is 5.87. The first-order chi connectivity index (χ1) is 7.20. The van der Waals surface area contributed by atoms with Gasteiger partial charge in [-0.3, -0.25) is 0 Å². The SMILES string of the molecule is COC(=O)/C(C)=C/CC1CC2CCC1C2. The topological polar surface area (TPSA) is 26.3 Å². The number of hydrogen-bond donors (Lipinski definition) is 0. The number of fused-ring (bicyclic) bond motifs is 2. The van der Waals surface area contributed by atoms with Gasteiger partial charge in [-0.15, -0.1) is 0 Å². The van der Waals surface area contributed by atoms with Gasteiger partial charge in [0.05, 0.1) is 7.11 Å². The second kappa shape index (κ2) is 4.38. The summed E-state index contributed by atoms with van der Waals surface area (Å²) in [6, 6.07) is 0. The Bertz CT molecular complexity index is 280. The van der Waals surface area contributed by atoms with Crippen LogP contribution in [0.25, 0.3) is 0 Å². The van der Waals surface area contributed by atoms with Crippen molar-refractivity contribution in [2.24, 2.45) is 17.8 Å². The lowest BCUT2D eigenvalue weighted by atomic mass is 9.86. The van der Waals surface area contributed by atoms with E-state index in [9.17, 15) is 4.79 Å². The number of carbonyl (C=O) groups excluding carboxylic acids is 1. The summed E-state index contributed by atoms with van der Waals surface area (Å²) in [5, 5.41) is 0. The molecule has 2 aliphatic rings. The van der Waals surface area contributed by atoms with Gasteiger partial charge < -0.3 is 4.74 Å². The van der Waals surface area contributed by atoms with Crippen LogP contribution in [0.2, 0.25) is 0 Å². The average molecular weight is 208 g/mol. The van der Waals surface area contributed by atoms with Crippen molar-refractivity contribution in [3.8, 4) is 0 Å². The Morgan fingerprint density at radius 1 is 1.40 bits per heavy atom. The number of allylic oxidation sites excluding steroid dienone is 1. The van der Waals surface area contributed by atoms with Gasteiger partial charge in [0.1, 0.15) is 0 Å². The first-order valence-corrected chi connectivity index (χ1v) is 5.95. The summed E-state index contributed by atoms with van der Waals surface area (Å²) in [6.45, 7) is 1.85. The van der Waals surface area contributed by atoms with Crippen molar-refractivity contribution < 1.29 is 9.53 Å². The van der Waals surface area contributed by atoms with Gasteiger partial charge in [-0.25, -0.2) is 4.79 Å². The third-order valence-corrected chi connectivity index (χ3v) is 4.12. The zero-order valence-electron chi connectivity index (χ0n) is 9.66. The van der Waals surface area contributed by atoms with Crippen molar-refractivity contribution in [3.05, 3.63) is 11.6 Å². The van der Waals surface area contributed by atoms with Crippen LogP contribution in [0, 0.1) is 17.8 Å². The summed E-state index contributed by atoms with van der Waals surface area (Å²) >= 11 is 0. The zero-order chi connectivity index (χ0) is 10.8. The van der Waals surface area contributed by atoms with Crippen LogP contribution in [-0.4, -0.2) is 13.1 Å². The van der Waals surface area contributed by atoms with E-state index >= 15 is 0 Å². The first-order valence-electron chi connectivity index (χ1n) is 5.95. The summed E-state index contributed by atoms with van der Waals surface area (Å²) in [7, 11) is 1.44. The van der Waals surface area contributed by atoms with E-state index in [1.165, 1.54) is 32.8 Å². The molecule has 0 aromatic heterocycles. The minimum absolute atomic E-state index is 0.182. The third-order valence-electron chi connectivity index (χ3n) is 4.12. The summed E-state index contributed by atoms with van der Waals surface area (Å²) in [5.41, 5.74) is 0.764. The molecule has 0 aromatic carbocycles. The molecule has 0 saturated heterocycles. The summed E-state index contributed by atoms with van der Waals surface area (Å²) in [6.07, 6.45) is 8.83. The molecule has 3 atom stereocenters. The van der Waals surface area contributed by atoms with E-state index in [0.29, 0.717) is 0 Å². The van der Waals surface area contributed by atoms with Gasteiger partial charge in [-0.2, -0.15) is 0 Å². The molecule has 2 aliphatic carbocycles. The molecule has 0 spiro atoms. The standard InChI is InChI=1S/C13H20O2/c1-9(13(14)15-2)3-5-11-7-10-4-6-12(11)8-10/h3,10-12H,4-8H2,1-2H3/b9-3+. The van der Waals surface area contributed by atoms with Crippen LogP contribution in [-0.2, 0) is 9.53 Å². The molecule has 2 bridgehead atoms. The Labute approximate surface area is 91.7 Å². The molecular formula is C13H20O2. The largest absolute Gasteiger partial charge is 0.466 e. The van der Waals surface area contributed by atoms with Crippen LogP contribution < -0.4 is 0 Å². The van der Waals surface area contributed by atoms with E-state index in [4.69, 9.17) is 0 Å². The fourth-order valence-corrected chi connectivity index (χ4v) is 3.24. The minimum Gasteiger partial charge on any atom is -0.466 e. The number of rotatable bonds is 3. The Balaban J connectivity index is 1.85. The molecule has 84 valence electrons. The molecule has 0 radical (unpaired) electrons. The molecule has 15 heavy (non-hydrogen) atoms. The molecule has 2 nitrogen and oxygen atoms in total. The predicted octanol–water partition coefficient (Wildman–Crippen LogP) is 2.93. The lowest BCUT2D eigenvalue weighted by Gasteiger charge is -2.19. The molecule has 0 N–H and O–H groups in total. The number of methoxy groups -OCH3 is 1. The molecule has 0 aromatic rings. The second-order valence-electron chi connectivity index (χ2n) is 5.05. The quantitative estimate of drug-likeness (QED) is 0.526. The van der Waals surface area contributed by atoms with E-state index in [1.54, 1.807) is 0 Å². The van der Waals surface area contributed by atoms with Gasteiger partial charge in [0.25, 0.3) is 0 Å². The highest BCUT2D eigenvalue weighted by atomic mass is 16.5. The van der Waals surface area contributed by atoms with Gasteiger partial charge in [-0.1, -0.05) is 12.5 Å². The number of carbonyl (C=O) groups is 1. The Hall–Kier alpha value is -0.790. The first kappa shape index (κ1) is 10.7. The smallest absolute Gasteiger partial charge is 0.333 e. The van der Waals surface area contributed by atoms with Gasteiger partial charge in [0, 0.05) is 5.57 Å². The Kier molecular flexibility index (Phi) is 3.13. The van der Waals surface area contributed by atoms with E-state index in [0.717, 1.165) is 29.7 Å². The van der Waals surface area contributed by atoms with Crippen LogP contribution >= 0.6 is 0 Å². The van der Waals surface area contributed by atoms with Crippen LogP contribution in [0.3, 0.4) is 0 Å². The molecule has 2 rings (SSSR count). The maximum atomic E-state index is 11.2. The third kappa shape index (κ3) is 2.24. The van der Waals surface area contributed by atoms with Crippen molar-refractivity contribution >= 4 is 5.97 Å². The molecule has 2 fully saturated rings. The highest BCUT2D eigenvalue weighted by Crippen LogP contribution is 2.49. The van der Waals surface area contributed by atoms with Crippen molar-refractivity contribution in [2.75, 3.05) is 7.11 Å². The lowest BCUT2D eigenvalue weighted by Crippen LogP contribution is -2.10.